The van der Waals surface area contributed by atoms with Gasteiger partial charge in [0.1, 0.15) is 104 Å². The zero-order valence-corrected chi connectivity index (χ0v) is 72.8. The fraction of sp³-hybridized carbons (Fsp3) is 0.870. The van der Waals surface area contributed by atoms with Gasteiger partial charge < -0.3 is 185 Å². The molecular weight excluding hydrogens is 1690 g/mol. The molecule has 48 heteroatoms. The highest BCUT2D eigenvalue weighted by molar-refractivity contribution is 7.50. The van der Waals surface area contributed by atoms with Crippen LogP contribution in [0.3, 0.4) is 0 Å². The van der Waals surface area contributed by atoms with E-state index in [0.29, 0.717) is 0 Å². The van der Waals surface area contributed by atoms with Gasteiger partial charge in [0.05, 0.1) is 125 Å². The quantitative estimate of drug-likeness (QED) is 0.0199. The molecule has 0 aromatic carbocycles. The first kappa shape index (κ1) is 112. The number of aliphatic hydroxyl groups excluding tert-OH is 13. The Hall–Kier alpha value is -5.79. The highest BCUT2D eigenvalue weighted by atomic mass is 31.2. The van der Waals surface area contributed by atoms with Crippen LogP contribution in [0.15, 0.2) is 0 Å². The van der Waals surface area contributed by atoms with E-state index in [-0.39, 0.29) is 181 Å². The monoisotopic (exact) mass is 1830 g/mol. The van der Waals surface area contributed by atoms with Crippen LogP contribution in [0.1, 0.15) is 119 Å². The molecule has 8 amide bonds. The lowest BCUT2D eigenvalue weighted by molar-refractivity contribution is -0.284. The van der Waals surface area contributed by atoms with Gasteiger partial charge in [-0.1, -0.05) is 27.7 Å². The van der Waals surface area contributed by atoms with Gasteiger partial charge in [-0.25, -0.2) is 0 Å². The van der Waals surface area contributed by atoms with Crippen molar-refractivity contribution in [1.29, 1.82) is 0 Å². The highest BCUT2D eigenvalue weighted by Gasteiger charge is 2.54. The molecule has 5 saturated heterocycles. The largest absolute Gasteiger partial charge is 0.779 e. The van der Waals surface area contributed by atoms with E-state index >= 15 is 0 Å². The summed E-state index contributed by atoms with van der Waals surface area (Å²) in [7, 11) is -4.23. The minimum Gasteiger partial charge on any atom is -0.779 e. The standard InChI is InChI=1S/C77H135N8O38P.H2O/c1-43-61(98)63(100)52(35-86)120-72(43)115-30-26-111-22-9-11-48(93)14-15-51(71(108)80-21-25-113-27-31-116-73-44(2)62(99)64(101)53(36-87)121-73)84-69(106)47(34-49(94)10-8-12-58(97)85-39-76(5,41-90)77(6,40-85)42-119-124(7,109)110)13-17-57(96)83-50(70(107)79-20-24-114-29-33-118-75-60(82-46(4)92)68(105)66(103)55(38-89)123-75)16-18-56(95)78-19-23-112-28-32-117-74-59(81-45(3)91)67(104)65(102)54(37-88)122-74;/h43-44,47,50-55,59-68,72-75,86-90,98-105H,8-42H2,1-7H3,(H,78,95)(H,79,107)(H,80,108)(H,81,91)(H,82,92)(H,83,96)(H,84,106)(H,109,110);1H2/p-1/t43-,44-,47-,50+,51+,52-,53-,54-,55-,59-,60-,61-,62-,63+,64+,65+,66+,67-,68-,72?,73?,74?,75?,76-,77+;/m1./s1. The number of carbonyl (C=O) groups is 10. The molecule has 0 aromatic rings. The summed E-state index contributed by atoms with van der Waals surface area (Å²) < 4.78 is 84.7. The molecule has 5 heterocycles. The van der Waals surface area contributed by atoms with Crippen molar-refractivity contribution in [2.24, 2.45) is 28.6 Å². The molecule has 0 radical (unpaired) electrons. The topological polar surface area (TPSA) is 713 Å². The Labute approximate surface area is 724 Å². The number of likely N-dealkylation sites (tertiary alicyclic amines) is 1. The number of Topliss-reactive ketones (excluding diaryl/α,β-unsaturated/α-hetero) is 2. The van der Waals surface area contributed by atoms with Gasteiger partial charge >= 0.3 is 0 Å². The van der Waals surface area contributed by atoms with Gasteiger partial charge in [-0.2, -0.15) is 0 Å². The van der Waals surface area contributed by atoms with Gasteiger partial charge in [0, 0.05) is 133 Å². The summed E-state index contributed by atoms with van der Waals surface area (Å²) in [6.07, 6.45) is -24.3. The highest BCUT2D eigenvalue weighted by Crippen LogP contribution is 2.49. The summed E-state index contributed by atoms with van der Waals surface area (Å²) in [5.74, 6) is -9.46. The lowest BCUT2D eigenvalue weighted by Crippen LogP contribution is -2.64. The van der Waals surface area contributed by atoms with Crippen LogP contribution in [0.2, 0.25) is 0 Å². The predicted molar refractivity (Wildman–Crippen MR) is 426 cm³/mol. The van der Waals surface area contributed by atoms with Crippen molar-refractivity contribution in [3.63, 3.8) is 0 Å². The summed E-state index contributed by atoms with van der Waals surface area (Å²) in [6.45, 7) is 4.66. The number of nitrogens with one attached hydrogen (secondary N) is 7. The van der Waals surface area contributed by atoms with Gasteiger partial charge in [0.2, 0.25) is 47.3 Å². The molecule has 5 aliphatic rings. The van der Waals surface area contributed by atoms with E-state index in [9.17, 15) is 124 Å². The van der Waals surface area contributed by atoms with E-state index in [1.54, 1.807) is 27.7 Å². The third-order valence-corrected chi connectivity index (χ3v) is 22.8. The van der Waals surface area contributed by atoms with Gasteiger partial charge in [0.25, 0.3) is 0 Å². The molecule has 5 aliphatic heterocycles. The van der Waals surface area contributed by atoms with Crippen LogP contribution in [0.5, 0.6) is 0 Å². The molecule has 0 spiro atoms. The lowest BCUT2D eigenvalue weighted by atomic mass is 9.69. The van der Waals surface area contributed by atoms with E-state index in [0.717, 1.165) is 13.6 Å². The molecule has 0 bridgehead atoms. The third-order valence-electron chi connectivity index (χ3n) is 22.2. The Morgan fingerprint density at radius 2 is 0.848 bits per heavy atom. The van der Waals surface area contributed by atoms with Crippen LogP contribution in [0.25, 0.3) is 0 Å². The minimum atomic E-state index is -4.23. The molecule has 724 valence electrons. The van der Waals surface area contributed by atoms with Crippen molar-refractivity contribution < 1.29 is 191 Å². The average Bonchev–Trinajstić information content (AvgIpc) is 1.61. The maximum Gasteiger partial charge on any atom is 0.242 e. The number of ketones is 2. The second kappa shape index (κ2) is 56.7. The van der Waals surface area contributed by atoms with Crippen molar-refractivity contribution in [3.8, 4) is 0 Å². The van der Waals surface area contributed by atoms with Crippen LogP contribution in [-0.4, -0.2) is 416 Å². The van der Waals surface area contributed by atoms with Gasteiger partial charge in [0.15, 0.2) is 25.2 Å². The molecule has 22 N–H and O–H groups in total. The second-order valence-electron chi connectivity index (χ2n) is 32.2. The molecule has 5 rings (SSSR count). The summed E-state index contributed by atoms with van der Waals surface area (Å²) in [6, 6.07) is -5.44. The Balaban J connectivity index is 0.0000328. The number of aliphatic hydroxyl groups is 13. The van der Waals surface area contributed by atoms with Crippen LogP contribution in [0.4, 0.5) is 0 Å². The average molecular weight is 1830 g/mol. The van der Waals surface area contributed by atoms with Gasteiger partial charge in [-0.3, -0.25) is 47.9 Å². The summed E-state index contributed by atoms with van der Waals surface area (Å²) in [5, 5.41) is 150. The first-order valence-corrected chi connectivity index (χ1v) is 43.8. The normalized spacial score (nSPS) is 30.5. The summed E-state index contributed by atoms with van der Waals surface area (Å²) in [4.78, 5) is 150. The Bertz CT molecular complexity index is 3320. The molecule has 5 unspecified atom stereocenters. The molecule has 26 atom stereocenters. The summed E-state index contributed by atoms with van der Waals surface area (Å²) >= 11 is 0. The Morgan fingerprint density at radius 3 is 1.29 bits per heavy atom. The molecule has 0 saturated carbocycles. The van der Waals surface area contributed by atoms with Crippen molar-refractivity contribution in [2.75, 3.05) is 158 Å². The van der Waals surface area contributed by atoms with Crippen LogP contribution in [0, 0.1) is 28.6 Å². The first-order valence-electron chi connectivity index (χ1n) is 41.8. The lowest BCUT2D eigenvalue weighted by Gasteiger charge is -2.42. The van der Waals surface area contributed by atoms with Crippen LogP contribution in [-0.2, 0) is 114 Å². The Kier molecular flexibility index (Phi) is 50.6. The predicted octanol–water partition coefficient (Wildman–Crippen LogP) is -9.87. The van der Waals surface area contributed by atoms with Crippen molar-refractivity contribution in [1.82, 2.24) is 42.1 Å². The van der Waals surface area contributed by atoms with E-state index < -0.39 is 271 Å². The first-order chi connectivity index (χ1) is 58.8. The molecule has 5 fully saturated rings. The van der Waals surface area contributed by atoms with E-state index in [4.69, 9.17) is 61.4 Å². The fourth-order valence-corrected chi connectivity index (χ4v) is 14.9. The molecule has 0 aliphatic carbocycles. The number of carbonyl (C=O) groups excluding carboxylic acids is 10. The Morgan fingerprint density at radius 1 is 0.456 bits per heavy atom. The SMILES string of the molecule is CC(=O)N[C@H]1C(OCCOCCNC(=O)CC[C@H](NC(=O)CC[C@H](CC(=O)CCCC(=O)N2C[C@](C)(CO)[C@](C)(COP(C)(=O)[O-])C2)C(=O)N[C@@H](CCC(=O)CCCOCCOC2O[C@H](CO)[C@H](O)[C@H](O)[C@H]2C)C(=O)NCCOCCOC2O[C@H](CO)[C@H](O)[C@H](O)[C@H]2C)C(=O)NCCOCCOC2O[C@H](CO)[C@H](O)[C@H](O)[C@H]2NC(C)=O)O[C@H](CO)[C@H](O)[C@@H]1O.O. The van der Waals surface area contributed by atoms with Crippen LogP contribution >= 0.6 is 7.60 Å². The summed E-state index contributed by atoms with van der Waals surface area (Å²) in [5.41, 5.74) is -2.02. The number of nitrogens with zero attached hydrogens (tertiary/aromatic N) is 1. The minimum absolute atomic E-state index is 0. The fourth-order valence-electron chi connectivity index (χ4n) is 14.4. The maximum atomic E-state index is 14.9. The maximum absolute atomic E-state index is 14.9. The van der Waals surface area contributed by atoms with Gasteiger partial charge in [-0.15, -0.1) is 0 Å². The van der Waals surface area contributed by atoms with E-state index in [1.165, 1.54) is 11.8 Å². The number of rotatable bonds is 59. The smallest absolute Gasteiger partial charge is 0.242 e. The molecule has 47 nitrogen and oxygen atoms in total. The second-order valence-corrected chi connectivity index (χ2v) is 34.0. The van der Waals surface area contributed by atoms with Crippen molar-refractivity contribution in [2.45, 2.75) is 241 Å². The third kappa shape index (κ3) is 36.8. The number of amides is 8. The van der Waals surface area contributed by atoms with Crippen molar-refractivity contribution in [3.05, 3.63) is 0 Å². The number of hydrogen-bond donors (Lipinski definition) is 20. The number of ether oxygens (including phenoxy) is 12. The molecular formula is C77H136N8O39P-. The van der Waals surface area contributed by atoms with Crippen molar-refractivity contribution >= 4 is 66.4 Å². The van der Waals surface area contributed by atoms with Crippen LogP contribution < -0.4 is 42.1 Å². The zero-order chi connectivity index (χ0) is 92.0. The number of hydrogen-bond acceptors (Lipinski definition) is 38. The van der Waals surface area contributed by atoms with E-state index in [1.807, 2.05) is 0 Å². The van der Waals surface area contributed by atoms with Gasteiger partial charge in [-0.05, 0) is 32.1 Å². The zero-order valence-electron chi connectivity index (χ0n) is 71.9. The van der Waals surface area contributed by atoms with E-state index in [2.05, 4.69) is 37.2 Å². The molecule has 125 heavy (non-hydrogen) atoms. The molecule has 0 aromatic heterocycles.